The number of benzene rings is 3. The first-order valence-electron chi connectivity index (χ1n) is 9.46. The summed E-state index contributed by atoms with van der Waals surface area (Å²) in [7, 11) is 0. The van der Waals surface area contributed by atoms with Gasteiger partial charge in [-0.15, -0.1) is 0 Å². The molecule has 0 saturated heterocycles. The third kappa shape index (κ3) is 3.48. The predicted octanol–water partition coefficient (Wildman–Crippen LogP) is 6.72. The zero-order valence-electron chi connectivity index (χ0n) is 16.3. The maximum absolute atomic E-state index is 13.5. The molecule has 0 amide bonds. The van der Waals surface area contributed by atoms with Crippen LogP contribution in [0.2, 0.25) is 0 Å². The van der Waals surface area contributed by atoms with E-state index in [1.807, 2.05) is 32.0 Å². The number of nitrogens with zero attached hydrogens (tertiary/aromatic N) is 1. The number of halogens is 1. The highest BCUT2D eigenvalue weighted by molar-refractivity contribution is 5.85. The van der Waals surface area contributed by atoms with Crippen LogP contribution in [0.15, 0.2) is 66.7 Å². The Morgan fingerprint density at radius 3 is 2.29 bits per heavy atom. The highest BCUT2D eigenvalue weighted by Crippen LogP contribution is 2.31. The van der Waals surface area contributed by atoms with Gasteiger partial charge in [0.05, 0.1) is 17.8 Å². The molecule has 0 unspecified atom stereocenters. The maximum atomic E-state index is 13.5. The van der Waals surface area contributed by atoms with E-state index in [2.05, 4.69) is 37.3 Å². The van der Waals surface area contributed by atoms with E-state index < -0.39 is 0 Å². The third-order valence-electron chi connectivity index (χ3n) is 4.98. The van der Waals surface area contributed by atoms with Crippen molar-refractivity contribution in [2.45, 2.75) is 20.8 Å². The molecule has 0 N–H and O–H groups in total. The Morgan fingerprint density at radius 2 is 1.57 bits per heavy atom. The highest BCUT2D eigenvalue weighted by Gasteiger charge is 2.09. The van der Waals surface area contributed by atoms with Gasteiger partial charge in [0, 0.05) is 10.9 Å². The van der Waals surface area contributed by atoms with Crippen LogP contribution in [0.4, 0.5) is 4.39 Å². The Balaban J connectivity index is 1.71. The lowest BCUT2D eigenvalue weighted by atomic mass is 9.96. The van der Waals surface area contributed by atoms with Crippen molar-refractivity contribution in [2.75, 3.05) is 6.61 Å². The van der Waals surface area contributed by atoms with E-state index in [0.717, 1.165) is 39.0 Å². The lowest BCUT2D eigenvalue weighted by molar-refractivity contribution is 0.340. The molecule has 0 radical (unpaired) electrons. The van der Waals surface area contributed by atoms with Crippen LogP contribution in [0.5, 0.6) is 5.75 Å². The van der Waals surface area contributed by atoms with Gasteiger partial charge in [-0.2, -0.15) is 0 Å². The van der Waals surface area contributed by atoms with Crippen molar-refractivity contribution < 1.29 is 9.13 Å². The second-order valence-electron chi connectivity index (χ2n) is 6.97. The third-order valence-corrected chi connectivity index (χ3v) is 4.98. The molecule has 1 heterocycles. The van der Waals surface area contributed by atoms with Crippen LogP contribution in [-0.2, 0) is 0 Å². The molecule has 2 nitrogen and oxygen atoms in total. The largest absolute Gasteiger partial charge is 0.494 e. The van der Waals surface area contributed by atoms with Gasteiger partial charge in [0.1, 0.15) is 11.6 Å². The summed E-state index contributed by atoms with van der Waals surface area (Å²) in [6.07, 6.45) is 0. The molecule has 0 fully saturated rings. The molecule has 4 rings (SSSR count). The first kappa shape index (κ1) is 18.2. The van der Waals surface area contributed by atoms with Gasteiger partial charge in [0.15, 0.2) is 0 Å². The minimum absolute atomic E-state index is 0.235. The first-order valence-corrected chi connectivity index (χ1v) is 9.46. The van der Waals surface area contributed by atoms with Crippen molar-refractivity contribution in [3.8, 4) is 28.1 Å². The molecule has 0 spiro atoms. The smallest absolute Gasteiger partial charge is 0.123 e. The number of pyridine rings is 1. The Hall–Kier alpha value is -3.20. The van der Waals surface area contributed by atoms with Crippen LogP contribution in [0.1, 0.15) is 18.1 Å². The summed E-state index contributed by atoms with van der Waals surface area (Å²) in [5.41, 5.74) is 7.31. The van der Waals surface area contributed by atoms with Crippen molar-refractivity contribution >= 4 is 10.9 Å². The van der Waals surface area contributed by atoms with Crippen molar-refractivity contribution in [3.05, 3.63) is 83.7 Å². The van der Waals surface area contributed by atoms with Gasteiger partial charge >= 0.3 is 0 Å². The average Bonchev–Trinajstić information content (AvgIpc) is 2.69. The Morgan fingerprint density at radius 1 is 0.821 bits per heavy atom. The van der Waals surface area contributed by atoms with Gasteiger partial charge < -0.3 is 4.74 Å². The minimum atomic E-state index is -0.235. The van der Waals surface area contributed by atoms with Gasteiger partial charge in [0.25, 0.3) is 0 Å². The van der Waals surface area contributed by atoms with Crippen LogP contribution in [0.3, 0.4) is 0 Å². The van der Waals surface area contributed by atoms with Gasteiger partial charge in [-0.1, -0.05) is 24.3 Å². The summed E-state index contributed by atoms with van der Waals surface area (Å²) in [6, 6.07) is 21.3. The van der Waals surface area contributed by atoms with Crippen molar-refractivity contribution in [1.29, 1.82) is 0 Å². The predicted molar refractivity (Wildman–Crippen MR) is 113 cm³/mol. The summed E-state index contributed by atoms with van der Waals surface area (Å²) >= 11 is 0. The van der Waals surface area contributed by atoms with E-state index in [1.165, 1.54) is 17.2 Å². The van der Waals surface area contributed by atoms with Crippen LogP contribution < -0.4 is 4.74 Å². The maximum Gasteiger partial charge on any atom is 0.123 e. The fraction of sp³-hybridized carbons (Fsp3) is 0.160. The lowest BCUT2D eigenvalue weighted by Crippen LogP contribution is -1.92. The van der Waals surface area contributed by atoms with Crippen LogP contribution in [-0.4, -0.2) is 11.6 Å². The summed E-state index contributed by atoms with van der Waals surface area (Å²) in [5.74, 6) is 0.647. The van der Waals surface area contributed by atoms with Gasteiger partial charge in [-0.05, 0) is 85.5 Å². The second-order valence-corrected chi connectivity index (χ2v) is 6.97. The summed E-state index contributed by atoms with van der Waals surface area (Å²) < 4.78 is 19.1. The number of hydrogen-bond acceptors (Lipinski definition) is 2. The van der Waals surface area contributed by atoms with Gasteiger partial charge in [0.2, 0.25) is 0 Å². The summed E-state index contributed by atoms with van der Waals surface area (Å²) in [5, 5.41) is 0.853. The molecule has 1 aromatic heterocycles. The van der Waals surface area contributed by atoms with Gasteiger partial charge in [-0.3, -0.25) is 0 Å². The Bertz CT molecular complexity index is 1150. The lowest BCUT2D eigenvalue weighted by Gasteiger charge is -2.11. The fourth-order valence-electron chi connectivity index (χ4n) is 3.56. The summed E-state index contributed by atoms with van der Waals surface area (Å²) in [4.78, 5) is 4.74. The number of rotatable bonds is 4. The first-order chi connectivity index (χ1) is 13.5. The zero-order chi connectivity index (χ0) is 19.7. The van der Waals surface area contributed by atoms with E-state index in [1.54, 1.807) is 12.1 Å². The van der Waals surface area contributed by atoms with Crippen LogP contribution in [0, 0.1) is 19.7 Å². The average molecular weight is 371 g/mol. The molecule has 4 aromatic rings. The number of ether oxygens (including phenoxy) is 1. The zero-order valence-corrected chi connectivity index (χ0v) is 16.3. The normalized spacial score (nSPS) is 11.0. The molecule has 0 atom stereocenters. The molecule has 0 saturated carbocycles. The molecule has 0 bridgehead atoms. The quantitative estimate of drug-likeness (QED) is 0.397. The number of fused-ring (bicyclic) bond motifs is 1. The molecular formula is C25H22FNO. The van der Waals surface area contributed by atoms with E-state index in [4.69, 9.17) is 9.72 Å². The van der Waals surface area contributed by atoms with E-state index in [0.29, 0.717) is 6.61 Å². The van der Waals surface area contributed by atoms with Crippen molar-refractivity contribution in [2.24, 2.45) is 0 Å². The molecule has 0 aliphatic carbocycles. The molecule has 0 aliphatic heterocycles. The van der Waals surface area contributed by atoms with E-state index in [-0.39, 0.29) is 5.82 Å². The minimum Gasteiger partial charge on any atom is -0.494 e. The Labute approximate surface area is 164 Å². The van der Waals surface area contributed by atoms with Crippen molar-refractivity contribution in [1.82, 2.24) is 4.98 Å². The highest BCUT2D eigenvalue weighted by atomic mass is 19.1. The molecule has 140 valence electrons. The fourth-order valence-corrected chi connectivity index (χ4v) is 3.56. The monoisotopic (exact) mass is 371 g/mol. The SMILES string of the molecule is CCOc1ccc(-c2ccc(-c3cc(C)c4cc(F)ccc4n3)cc2C)cc1. The summed E-state index contributed by atoms with van der Waals surface area (Å²) in [6.45, 7) is 6.75. The molecule has 28 heavy (non-hydrogen) atoms. The van der Waals surface area contributed by atoms with Gasteiger partial charge in [-0.25, -0.2) is 9.37 Å². The topological polar surface area (TPSA) is 22.1 Å². The number of aryl methyl sites for hydroxylation is 2. The Kier molecular flexibility index (Phi) is 4.82. The van der Waals surface area contributed by atoms with Crippen LogP contribution in [0.25, 0.3) is 33.3 Å². The van der Waals surface area contributed by atoms with Crippen molar-refractivity contribution in [3.63, 3.8) is 0 Å². The van der Waals surface area contributed by atoms with Crippen LogP contribution >= 0.6 is 0 Å². The number of hydrogen-bond donors (Lipinski definition) is 0. The molecule has 0 aliphatic rings. The van der Waals surface area contributed by atoms with E-state index >= 15 is 0 Å². The number of aromatic nitrogens is 1. The van der Waals surface area contributed by atoms with E-state index in [9.17, 15) is 4.39 Å². The standard InChI is InChI=1S/C25H22FNO/c1-4-28-21-9-5-18(6-10-21)22-11-7-19(13-16(22)2)25-14-17(3)23-15-20(26)8-12-24(23)27-25/h5-15H,4H2,1-3H3. The molecule has 3 heteroatoms. The molecule has 3 aromatic carbocycles. The second kappa shape index (κ2) is 7.43. The molecular weight excluding hydrogens is 349 g/mol.